The van der Waals surface area contributed by atoms with Crippen molar-refractivity contribution in [2.45, 2.75) is 26.2 Å². The van der Waals surface area contributed by atoms with Crippen molar-refractivity contribution in [3.05, 3.63) is 12.8 Å². The Labute approximate surface area is 51.8 Å². The van der Waals surface area contributed by atoms with E-state index < -0.39 is 0 Å². The fourth-order valence-corrected chi connectivity index (χ4v) is 0.579. The molecule has 0 atom stereocenters. The third kappa shape index (κ3) is 5.54. The molecule has 0 saturated carbocycles. The van der Waals surface area contributed by atoms with Crippen LogP contribution < -0.4 is 5.32 Å². The van der Waals surface area contributed by atoms with E-state index in [0.717, 1.165) is 6.54 Å². The Balaban J connectivity index is 2.62. The van der Waals surface area contributed by atoms with Gasteiger partial charge in [-0.2, -0.15) is 0 Å². The monoisotopic (exact) mass is 113 g/mol. The lowest BCUT2D eigenvalue weighted by Crippen LogP contribution is -2.05. The normalized spacial score (nSPS) is 8.62. The summed E-state index contributed by atoms with van der Waals surface area (Å²) in [7, 11) is 0. The molecule has 0 aromatic rings. The van der Waals surface area contributed by atoms with Gasteiger partial charge in [-0.1, -0.05) is 26.3 Å². The second kappa shape index (κ2) is 6.54. The summed E-state index contributed by atoms with van der Waals surface area (Å²) < 4.78 is 0. The minimum Gasteiger partial charge on any atom is -0.391 e. The summed E-state index contributed by atoms with van der Waals surface area (Å²) in [4.78, 5) is 0. The molecule has 48 valence electrons. The highest BCUT2D eigenvalue weighted by Crippen LogP contribution is 1.90. The van der Waals surface area contributed by atoms with E-state index in [-0.39, 0.29) is 0 Å². The lowest BCUT2D eigenvalue weighted by atomic mass is 10.2. The molecule has 1 nitrogen and oxygen atoms in total. The van der Waals surface area contributed by atoms with Gasteiger partial charge in [-0.25, -0.2) is 0 Å². The number of hydrogen-bond acceptors (Lipinski definition) is 1. The van der Waals surface area contributed by atoms with Crippen LogP contribution >= 0.6 is 0 Å². The predicted octanol–water partition coefficient (Wildman–Crippen LogP) is 1.91. The summed E-state index contributed by atoms with van der Waals surface area (Å²) >= 11 is 0. The zero-order valence-corrected chi connectivity index (χ0v) is 5.61. The topological polar surface area (TPSA) is 12.0 Å². The molecular weight excluding hydrogens is 98.1 g/mol. The number of hydrogen-bond donors (Lipinski definition) is 1. The Morgan fingerprint density at radius 3 is 2.75 bits per heavy atom. The van der Waals surface area contributed by atoms with Crippen molar-refractivity contribution in [1.29, 1.82) is 0 Å². The molecular formula is C7H15N. The zero-order chi connectivity index (χ0) is 6.24. The molecule has 0 aliphatic carbocycles. The molecule has 0 aliphatic heterocycles. The third-order valence-electron chi connectivity index (χ3n) is 1.07. The molecule has 0 unspecified atom stereocenters. The van der Waals surface area contributed by atoms with Gasteiger partial charge in [-0.15, -0.1) is 0 Å². The second-order valence-corrected chi connectivity index (χ2v) is 1.87. The lowest BCUT2D eigenvalue weighted by molar-refractivity contribution is 0.683. The van der Waals surface area contributed by atoms with Gasteiger partial charge in [0.15, 0.2) is 0 Å². The van der Waals surface area contributed by atoms with Gasteiger partial charge in [0.1, 0.15) is 0 Å². The third-order valence-corrected chi connectivity index (χ3v) is 1.07. The van der Waals surface area contributed by atoms with Crippen LogP contribution in [0.15, 0.2) is 12.8 Å². The van der Waals surface area contributed by atoms with E-state index in [1.54, 1.807) is 6.20 Å². The van der Waals surface area contributed by atoms with Crippen molar-refractivity contribution >= 4 is 0 Å². The molecule has 0 saturated heterocycles. The van der Waals surface area contributed by atoms with E-state index >= 15 is 0 Å². The summed E-state index contributed by atoms with van der Waals surface area (Å²) in [5.41, 5.74) is 0. The predicted molar refractivity (Wildman–Crippen MR) is 37.7 cm³/mol. The van der Waals surface area contributed by atoms with Crippen molar-refractivity contribution in [2.24, 2.45) is 0 Å². The van der Waals surface area contributed by atoms with Gasteiger partial charge in [0.05, 0.1) is 0 Å². The van der Waals surface area contributed by atoms with Crippen LogP contribution in [0.2, 0.25) is 0 Å². The molecule has 0 radical (unpaired) electrons. The fourth-order valence-electron chi connectivity index (χ4n) is 0.579. The molecule has 0 aromatic heterocycles. The van der Waals surface area contributed by atoms with Gasteiger partial charge >= 0.3 is 0 Å². The molecule has 1 N–H and O–H groups in total. The molecule has 0 bridgehead atoms. The molecule has 1 heteroatoms. The van der Waals surface area contributed by atoms with Crippen LogP contribution in [0.4, 0.5) is 0 Å². The maximum Gasteiger partial charge on any atom is 0.0141 e. The molecule has 0 rings (SSSR count). The van der Waals surface area contributed by atoms with E-state index in [2.05, 4.69) is 18.8 Å². The van der Waals surface area contributed by atoms with Gasteiger partial charge in [-0.05, 0) is 12.6 Å². The van der Waals surface area contributed by atoms with E-state index in [4.69, 9.17) is 0 Å². The Bertz CT molecular complexity index is 50.3. The van der Waals surface area contributed by atoms with Crippen molar-refractivity contribution < 1.29 is 0 Å². The first-order valence-corrected chi connectivity index (χ1v) is 3.26. The van der Waals surface area contributed by atoms with Crippen LogP contribution in [0.25, 0.3) is 0 Å². The minimum absolute atomic E-state index is 1.08. The van der Waals surface area contributed by atoms with Crippen LogP contribution in [0.3, 0.4) is 0 Å². The Kier molecular flexibility index (Phi) is 6.16. The molecule has 0 heterocycles. The highest BCUT2D eigenvalue weighted by molar-refractivity contribution is 4.61. The number of rotatable bonds is 5. The maximum absolute atomic E-state index is 3.55. The molecule has 0 aliphatic rings. The Hall–Kier alpha value is -0.460. The average molecular weight is 113 g/mol. The summed E-state index contributed by atoms with van der Waals surface area (Å²) in [6, 6.07) is 0. The van der Waals surface area contributed by atoms with Gasteiger partial charge in [0, 0.05) is 6.54 Å². The van der Waals surface area contributed by atoms with Gasteiger partial charge in [0.25, 0.3) is 0 Å². The summed E-state index contributed by atoms with van der Waals surface area (Å²) in [6.07, 6.45) is 5.62. The summed E-state index contributed by atoms with van der Waals surface area (Å²) in [5.74, 6) is 0. The van der Waals surface area contributed by atoms with Gasteiger partial charge < -0.3 is 5.32 Å². The van der Waals surface area contributed by atoms with Crippen LogP contribution in [0, 0.1) is 0 Å². The van der Waals surface area contributed by atoms with E-state index in [1.165, 1.54) is 19.3 Å². The average Bonchev–Trinajstić information content (AvgIpc) is 1.81. The molecule has 0 fully saturated rings. The largest absolute Gasteiger partial charge is 0.391 e. The van der Waals surface area contributed by atoms with E-state index in [9.17, 15) is 0 Å². The van der Waals surface area contributed by atoms with Crippen molar-refractivity contribution in [1.82, 2.24) is 5.32 Å². The highest BCUT2D eigenvalue weighted by atomic mass is 14.8. The van der Waals surface area contributed by atoms with Crippen LogP contribution in [0.1, 0.15) is 26.2 Å². The standard InChI is InChI=1S/C7H15N/c1-3-5-6-7-8-4-2/h4,8H,2-3,5-7H2,1H3. The van der Waals surface area contributed by atoms with Crippen molar-refractivity contribution in [3.63, 3.8) is 0 Å². The SMILES string of the molecule is C=CNCCCCC. The molecule has 8 heavy (non-hydrogen) atoms. The first kappa shape index (κ1) is 7.54. The summed E-state index contributed by atoms with van der Waals surface area (Å²) in [5, 5.41) is 3.05. The Morgan fingerprint density at radius 2 is 2.25 bits per heavy atom. The zero-order valence-electron chi connectivity index (χ0n) is 5.61. The first-order valence-electron chi connectivity index (χ1n) is 3.26. The quantitative estimate of drug-likeness (QED) is 0.537. The lowest BCUT2D eigenvalue weighted by Gasteiger charge is -1.95. The molecule has 0 aromatic carbocycles. The van der Waals surface area contributed by atoms with Crippen molar-refractivity contribution in [3.8, 4) is 0 Å². The van der Waals surface area contributed by atoms with Crippen LogP contribution in [-0.2, 0) is 0 Å². The Morgan fingerprint density at radius 1 is 1.50 bits per heavy atom. The van der Waals surface area contributed by atoms with Gasteiger partial charge in [-0.3, -0.25) is 0 Å². The smallest absolute Gasteiger partial charge is 0.0141 e. The van der Waals surface area contributed by atoms with Crippen LogP contribution in [0.5, 0.6) is 0 Å². The minimum atomic E-state index is 1.08. The van der Waals surface area contributed by atoms with Gasteiger partial charge in [0.2, 0.25) is 0 Å². The number of unbranched alkanes of at least 4 members (excludes halogenated alkanes) is 2. The fraction of sp³-hybridized carbons (Fsp3) is 0.714. The van der Waals surface area contributed by atoms with E-state index in [0.29, 0.717) is 0 Å². The summed E-state index contributed by atoms with van der Waals surface area (Å²) in [6.45, 7) is 6.83. The van der Waals surface area contributed by atoms with Crippen LogP contribution in [-0.4, -0.2) is 6.54 Å². The molecule has 0 amide bonds. The van der Waals surface area contributed by atoms with E-state index in [1.807, 2.05) is 0 Å². The highest BCUT2D eigenvalue weighted by Gasteiger charge is 1.79. The number of nitrogens with one attached hydrogen (secondary N) is 1. The molecule has 0 spiro atoms. The van der Waals surface area contributed by atoms with Crippen molar-refractivity contribution in [2.75, 3.05) is 6.54 Å². The first-order chi connectivity index (χ1) is 3.91. The second-order valence-electron chi connectivity index (χ2n) is 1.87. The maximum atomic E-state index is 3.55.